The first kappa shape index (κ1) is 11.5. The Morgan fingerprint density at radius 2 is 2.21 bits per heavy atom. The van der Waals surface area contributed by atoms with Gasteiger partial charge in [0.05, 0.1) is 17.5 Å². The summed E-state index contributed by atoms with van der Waals surface area (Å²) in [6.07, 6.45) is 0. The zero-order valence-corrected chi connectivity index (χ0v) is 10.2. The zero-order chi connectivity index (χ0) is 10.7. The summed E-state index contributed by atoms with van der Waals surface area (Å²) in [5, 5.41) is 0.556. The minimum absolute atomic E-state index is 0.0153. The number of ether oxygens (including phenoxy) is 1. The molecule has 0 saturated heterocycles. The van der Waals surface area contributed by atoms with Gasteiger partial charge in [0.2, 0.25) is 0 Å². The maximum absolute atomic E-state index is 11.7. The van der Waals surface area contributed by atoms with Gasteiger partial charge in [-0.05, 0) is 25.1 Å². The third kappa shape index (κ3) is 2.49. The molecule has 0 aliphatic carbocycles. The lowest BCUT2D eigenvalue weighted by Crippen LogP contribution is -2.11. The first-order chi connectivity index (χ1) is 6.56. The van der Waals surface area contributed by atoms with Crippen LogP contribution in [0.4, 0.5) is 0 Å². The number of ketones is 1. The highest BCUT2D eigenvalue weighted by Crippen LogP contribution is 2.25. The van der Waals surface area contributed by atoms with E-state index in [0.29, 0.717) is 16.3 Å². The van der Waals surface area contributed by atoms with Crippen molar-refractivity contribution in [2.75, 3.05) is 7.11 Å². The van der Waals surface area contributed by atoms with E-state index in [0.717, 1.165) is 0 Å². The summed E-state index contributed by atoms with van der Waals surface area (Å²) >= 11 is 9.00. The standard InChI is InChI=1S/C10H10BrClO2/c1-6(11)10(13)8-4-3-7(12)5-9(8)14-2/h3-6H,1-2H3. The maximum atomic E-state index is 11.7. The summed E-state index contributed by atoms with van der Waals surface area (Å²) in [5.41, 5.74) is 0.543. The van der Waals surface area contributed by atoms with Crippen LogP contribution in [-0.2, 0) is 0 Å². The third-order valence-corrected chi connectivity index (χ3v) is 2.44. The number of rotatable bonds is 3. The van der Waals surface area contributed by atoms with E-state index in [1.165, 1.54) is 7.11 Å². The number of alkyl halides is 1. The highest BCUT2D eigenvalue weighted by atomic mass is 79.9. The summed E-state index contributed by atoms with van der Waals surface area (Å²) in [5.74, 6) is 0.493. The molecule has 0 N–H and O–H groups in total. The number of carbonyl (C=O) groups excluding carboxylic acids is 1. The first-order valence-electron chi connectivity index (χ1n) is 4.08. The van der Waals surface area contributed by atoms with Gasteiger partial charge in [-0.15, -0.1) is 0 Å². The van der Waals surface area contributed by atoms with Crippen molar-refractivity contribution in [3.63, 3.8) is 0 Å². The van der Waals surface area contributed by atoms with E-state index in [4.69, 9.17) is 16.3 Å². The molecule has 0 amide bonds. The van der Waals surface area contributed by atoms with Gasteiger partial charge >= 0.3 is 0 Å². The van der Waals surface area contributed by atoms with Crippen molar-refractivity contribution in [3.8, 4) is 5.75 Å². The molecule has 0 bridgehead atoms. The number of carbonyl (C=O) groups is 1. The van der Waals surface area contributed by atoms with Gasteiger partial charge in [-0.25, -0.2) is 0 Å². The number of halogens is 2. The molecule has 0 heterocycles. The van der Waals surface area contributed by atoms with E-state index < -0.39 is 0 Å². The zero-order valence-electron chi connectivity index (χ0n) is 7.88. The van der Waals surface area contributed by atoms with Crippen LogP contribution >= 0.6 is 27.5 Å². The second-order valence-corrected chi connectivity index (χ2v) is 4.63. The summed E-state index contributed by atoms with van der Waals surface area (Å²) < 4.78 is 5.07. The molecular weight excluding hydrogens is 267 g/mol. The van der Waals surface area contributed by atoms with Crippen LogP contribution in [0.2, 0.25) is 5.02 Å². The molecule has 0 spiro atoms. The van der Waals surface area contributed by atoms with Gasteiger partial charge in [0, 0.05) is 5.02 Å². The third-order valence-electron chi connectivity index (χ3n) is 1.79. The topological polar surface area (TPSA) is 26.3 Å². The van der Waals surface area contributed by atoms with Crippen LogP contribution in [-0.4, -0.2) is 17.7 Å². The van der Waals surface area contributed by atoms with Crippen LogP contribution in [0, 0.1) is 0 Å². The number of hydrogen-bond donors (Lipinski definition) is 0. The number of Topliss-reactive ketones (excluding diaryl/α,β-unsaturated/α-hetero) is 1. The fraction of sp³-hybridized carbons (Fsp3) is 0.300. The van der Waals surface area contributed by atoms with E-state index in [2.05, 4.69) is 15.9 Å². The van der Waals surface area contributed by atoms with E-state index >= 15 is 0 Å². The number of benzene rings is 1. The molecule has 0 aromatic heterocycles. The second-order valence-electron chi connectivity index (χ2n) is 2.82. The maximum Gasteiger partial charge on any atom is 0.179 e. The normalized spacial score (nSPS) is 12.3. The Balaban J connectivity index is 3.14. The van der Waals surface area contributed by atoms with Crippen LogP contribution in [0.25, 0.3) is 0 Å². The van der Waals surface area contributed by atoms with Crippen molar-refractivity contribution in [1.29, 1.82) is 0 Å². The van der Waals surface area contributed by atoms with Crippen LogP contribution in [0.1, 0.15) is 17.3 Å². The minimum Gasteiger partial charge on any atom is -0.496 e. The van der Waals surface area contributed by atoms with Gasteiger partial charge in [0.25, 0.3) is 0 Å². The highest BCUT2D eigenvalue weighted by Gasteiger charge is 2.16. The van der Waals surface area contributed by atoms with E-state index in [9.17, 15) is 4.79 Å². The van der Waals surface area contributed by atoms with Crippen LogP contribution < -0.4 is 4.74 Å². The largest absolute Gasteiger partial charge is 0.496 e. The average molecular weight is 278 g/mol. The van der Waals surface area contributed by atoms with Crippen molar-refractivity contribution in [2.24, 2.45) is 0 Å². The van der Waals surface area contributed by atoms with Crippen LogP contribution in [0.5, 0.6) is 5.75 Å². The molecule has 76 valence electrons. The second kappa shape index (κ2) is 4.80. The number of hydrogen-bond acceptors (Lipinski definition) is 2. The molecule has 0 saturated carbocycles. The van der Waals surface area contributed by atoms with Gasteiger partial charge in [0.1, 0.15) is 5.75 Å². The molecule has 1 aromatic rings. The predicted octanol–water partition coefficient (Wildman–Crippen LogP) is 3.31. The summed E-state index contributed by atoms with van der Waals surface area (Å²) in [6.45, 7) is 1.77. The van der Waals surface area contributed by atoms with Gasteiger partial charge in [-0.3, -0.25) is 4.79 Å². The van der Waals surface area contributed by atoms with Crippen molar-refractivity contribution < 1.29 is 9.53 Å². The lowest BCUT2D eigenvalue weighted by Gasteiger charge is -2.08. The molecule has 1 rings (SSSR count). The molecule has 0 radical (unpaired) electrons. The van der Waals surface area contributed by atoms with E-state index in [1.807, 2.05) is 0 Å². The molecule has 14 heavy (non-hydrogen) atoms. The van der Waals surface area contributed by atoms with Crippen LogP contribution in [0.3, 0.4) is 0 Å². The monoisotopic (exact) mass is 276 g/mol. The Morgan fingerprint density at radius 1 is 1.57 bits per heavy atom. The quantitative estimate of drug-likeness (QED) is 0.626. The predicted molar refractivity (Wildman–Crippen MR) is 60.7 cm³/mol. The Morgan fingerprint density at radius 3 is 2.71 bits per heavy atom. The minimum atomic E-state index is -0.224. The Kier molecular flexibility index (Phi) is 3.96. The summed E-state index contributed by atoms with van der Waals surface area (Å²) in [6, 6.07) is 4.97. The molecule has 0 aliphatic heterocycles. The molecule has 2 nitrogen and oxygen atoms in total. The smallest absolute Gasteiger partial charge is 0.179 e. The molecule has 1 aromatic carbocycles. The molecule has 1 unspecified atom stereocenters. The molecule has 0 aliphatic rings. The molecular formula is C10H10BrClO2. The fourth-order valence-electron chi connectivity index (χ4n) is 1.08. The lowest BCUT2D eigenvalue weighted by atomic mass is 10.1. The van der Waals surface area contributed by atoms with Gasteiger partial charge in [-0.2, -0.15) is 0 Å². The van der Waals surface area contributed by atoms with Crippen molar-refractivity contribution in [2.45, 2.75) is 11.8 Å². The Labute approximate surface area is 96.3 Å². The summed E-state index contributed by atoms with van der Waals surface area (Å²) in [7, 11) is 1.52. The van der Waals surface area contributed by atoms with Crippen molar-refractivity contribution >= 4 is 33.3 Å². The molecule has 0 fully saturated rings. The Hall–Kier alpha value is -0.540. The first-order valence-corrected chi connectivity index (χ1v) is 5.37. The average Bonchev–Trinajstić information content (AvgIpc) is 2.16. The number of methoxy groups -OCH3 is 1. The molecule has 1 atom stereocenters. The molecule has 4 heteroatoms. The SMILES string of the molecule is COc1cc(Cl)ccc1C(=O)C(C)Br. The lowest BCUT2D eigenvalue weighted by molar-refractivity contribution is 0.0993. The van der Waals surface area contributed by atoms with Gasteiger partial charge < -0.3 is 4.74 Å². The summed E-state index contributed by atoms with van der Waals surface area (Å²) in [4.78, 5) is 11.4. The van der Waals surface area contributed by atoms with Gasteiger partial charge in [0.15, 0.2) is 5.78 Å². The van der Waals surface area contributed by atoms with E-state index in [1.54, 1.807) is 25.1 Å². The van der Waals surface area contributed by atoms with Crippen LogP contribution in [0.15, 0.2) is 18.2 Å². The highest BCUT2D eigenvalue weighted by molar-refractivity contribution is 9.10. The van der Waals surface area contributed by atoms with Crippen molar-refractivity contribution in [3.05, 3.63) is 28.8 Å². The fourth-order valence-corrected chi connectivity index (χ4v) is 1.49. The Bertz CT molecular complexity index is 350. The van der Waals surface area contributed by atoms with Gasteiger partial charge in [-0.1, -0.05) is 27.5 Å². The van der Waals surface area contributed by atoms with Crippen molar-refractivity contribution in [1.82, 2.24) is 0 Å². The van der Waals surface area contributed by atoms with E-state index in [-0.39, 0.29) is 10.6 Å².